The van der Waals surface area contributed by atoms with Crippen LogP contribution in [0.2, 0.25) is 0 Å². The predicted molar refractivity (Wildman–Crippen MR) is 57.8 cm³/mol. The Morgan fingerprint density at radius 1 is 1.62 bits per heavy atom. The number of hydrogen-bond donors (Lipinski definition) is 0. The molecule has 0 unspecified atom stereocenters. The molecule has 13 heavy (non-hydrogen) atoms. The van der Waals surface area contributed by atoms with E-state index in [0.717, 1.165) is 16.7 Å². The number of hydrogen-bond acceptors (Lipinski definition) is 3. The Balaban J connectivity index is 2.64. The van der Waals surface area contributed by atoms with Gasteiger partial charge in [-0.25, -0.2) is 4.98 Å². The summed E-state index contributed by atoms with van der Waals surface area (Å²) in [5.74, 6) is 0. The topological polar surface area (TPSA) is 28.5 Å². The third-order valence-electron chi connectivity index (χ3n) is 1.61. The molecule has 0 bridgehead atoms. The van der Waals surface area contributed by atoms with Crippen LogP contribution in [0.3, 0.4) is 0 Å². The first-order chi connectivity index (χ1) is 6.22. The highest BCUT2D eigenvalue weighted by atomic mass is 79.9. The summed E-state index contributed by atoms with van der Waals surface area (Å²) in [6.07, 6.45) is 3.57. The van der Waals surface area contributed by atoms with E-state index in [4.69, 9.17) is 0 Å². The number of nitrogens with zero attached hydrogens (tertiary/aromatic N) is 3. The van der Waals surface area contributed by atoms with E-state index in [2.05, 4.69) is 32.9 Å². The van der Waals surface area contributed by atoms with E-state index < -0.39 is 0 Å². The Morgan fingerprint density at radius 3 is 2.92 bits per heavy atom. The van der Waals surface area contributed by atoms with Gasteiger partial charge in [-0.2, -0.15) is 5.10 Å². The molecule has 4 heteroatoms. The Morgan fingerprint density at radius 2 is 2.38 bits per heavy atom. The van der Waals surface area contributed by atoms with Crippen LogP contribution in [0.25, 0.3) is 0 Å². The molecule has 0 saturated carbocycles. The molecule has 0 spiro atoms. The monoisotopic (exact) mass is 241 g/mol. The zero-order chi connectivity index (χ0) is 9.68. The van der Waals surface area contributed by atoms with Crippen molar-refractivity contribution in [2.75, 3.05) is 13.6 Å². The van der Waals surface area contributed by atoms with Gasteiger partial charge in [-0.15, -0.1) is 0 Å². The summed E-state index contributed by atoms with van der Waals surface area (Å²) in [7, 11) is 1.93. The van der Waals surface area contributed by atoms with Crippen molar-refractivity contribution in [3.63, 3.8) is 0 Å². The Kier molecular flexibility index (Phi) is 3.89. The van der Waals surface area contributed by atoms with Crippen molar-refractivity contribution in [1.82, 2.24) is 9.99 Å². The molecule has 0 aromatic carbocycles. The van der Waals surface area contributed by atoms with Gasteiger partial charge in [0, 0.05) is 25.4 Å². The number of hydrazone groups is 1. The van der Waals surface area contributed by atoms with Crippen LogP contribution in [0, 0.1) is 0 Å². The van der Waals surface area contributed by atoms with Crippen LogP contribution in [0.4, 0.5) is 0 Å². The summed E-state index contributed by atoms with van der Waals surface area (Å²) in [6.45, 7) is 2.96. The van der Waals surface area contributed by atoms with E-state index in [-0.39, 0.29) is 0 Å². The first-order valence-corrected chi connectivity index (χ1v) is 4.88. The molecule has 3 nitrogen and oxygen atoms in total. The molecule has 0 radical (unpaired) electrons. The van der Waals surface area contributed by atoms with Crippen molar-refractivity contribution in [2.45, 2.75) is 6.92 Å². The molecule has 0 aliphatic rings. The molecule has 0 N–H and O–H groups in total. The third-order valence-corrected chi connectivity index (χ3v) is 2.08. The minimum Gasteiger partial charge on any atom is -0.300 e. The standard InChI is InChI=1S/C9H12BrN3/c1-3-13(2)12-7-8-4-5-9(10)11-6-8/h4-7H,3H2,1-2H3/b12-7+. The second-order valence-corrected chi connectivity index (χ2v) is 3.45. The molecular weight excluding hydrogens is 230 g/mol. The number of aromatic nitrogens is 1. The Labute approximate surface area is 86.6 Å². The molecule has 0 aliphatic carbocycles. The fraction of sp³-hybridized carbons (Fsp3) is 0.333. The first kappa shape index (κ1) is 10.2. The number of halogens is 1. The minimum absolute atomic E-state index is 0.841. The van der Waals surface area contributed by atoms with E-state index in [0.29, 0.717) is 0 Å². The van der Waals surface area contributed by atoms with Crippen LogP contribution < -0.4 is 0 Å². The zero-order valence-electron chi connectivity index (χ0n) is 7.74. The van der Waals surface area contributed by atoms with Gasteiger partial charge in [0.1, 0.15) is 4.60 Å². The second kappa shape index (κ2) is 4.97. The molecule has 0 fully saturated rings. The maximum atomic E-state index is 4.20. The van der Waals surface area contributed by atoms with E-state index in [1.54, 1.807) is 12.4 Å². The van der Waals surface area contributed by atoms with Crippen molar-refractivity contribution in [1.29, 1.82) is 0 Å². The van der Waals surface area contributed by atoms with E-state index >= 15 is 0 Å². The zero-order valence-corrected chi connectivity index (χ0v) is 9.32. The molecule has 1 aromatic heterocycles. The van der Waals surface area contributed by atoms with Gasteiger partial charge in [0.25, 0.3) is 0 Å². The van der Waals surface area contributed by atoms with Crippen molar-refractivity contribution in [3.05, 3.63) is 28.5 Å². The van der Waals surface area contributed by atoms with Gasteiger partial charge in [-0.05, 0) is 35.0 Å². The van der Waals surface area contributed by atoms with Crippen LogP contribution in [0.1, 0.15) is 12.5 Å². The van der Waals surface area contributed by atoms with Gasteiger partial charge in [-0.1, -0.05) is 0 Å². The molecular formula is C9H12BrN3. The van der Waals surface area contributed by atoms with Crippen molar-refractivity contribution in [3.8, 4) is 0 Å². The molecule has 1 heterocycles. The van der Waals surface area contributed by atoms with Crippen molar-refractivity contribution in [2.24, 2.45) is 5.10 Å². The van der Waals surface area contributed by atoms with Gasteiger partial charge in [0.15, 0.2) is 0 Å². The summed E-state index contributed by atoms with van der Waals surface area (Å²) in [4.78, 5) is 4.09. The lowest BCUT2D eigenvalue weighted by Crippen LogP contribution is -2.09. The number of rotatable bonds is 3. The number of pyridine rings is 1. The van der Waals surface area contributed by atoms with E-state index in [1.807, 2.05) is 24.2 Å². The molecule has 0 saturated heterocycles. The second-order valence-electron chi connectivity index (χ2n) is 2.63. The summed E-state index contributed by atoms with van der Waals surface area (Å²) in [6, 6.07) is 3.86. The fourth-order valence-corrected chi connectivity index (χ4v) is 0.945. The summed E-state index contributed by atoms with van der Waals surface area (Å²) < 4.78 is 0.841. The SMILES string of the molecule is CCN(C)/N=C/c1ccc(Br)nc1. The van der Waals surface area contributed by atoms with E-state index in [1.165, 1.54) is 0 Å². The highest BCUT2D eigenvalue weighted by Crippen LogP contribution is 2.04. The van der Waals surface area contributed by atoms with Crippen LogP contribution in [0.5, 0.6) is 0 Å². The summed E-state index contributed by atoms with van der Waals surface area (Å²) in [5, 5.41) is 6.06. The lowest BCUT2D eigenvalue weighted by atomic mass is 10.3. The lowest BCUT2D eigenvalue weighted by molar-refractivity contribution is 0.377. The lowest BCUT2D eigenvalue weighted by Gasteiger charge is -2.07. The van der Waals surface area contributed by atoms with Crippen LogP contribution in [-0.2, 0) is 0 Å². The molecule has 70 valence electrons. The summed E-state index contributed by atoms with van der Waals surface area (Å²) >= 11 is 3.27. The quantitative estimate of drug-likeness (QED) is 0.461. The summed E-state index contributed by atoms with van der Waals surface area (Å²) in [5.41, 5.74) is 1.00. The predicted octanol–water partition coefficient (Wildman–Crippen LogP) is 2.13. The van der Waals surface area contributed by atoms with E-state index in [9.17, 15) is 0 Å². The maximum absolute atomic E-state index is 4.20. The van der Waals surface area contributed by atoms with Gasteiger partial charge >= 0.3 is 0 Å². The molecule has 0 atom stereocenters. The van der Waals surface area contributed by atoms with Crippen LogP contribution >= 0.6 is 15.9 Å². The maximum Gasteiger partial charge on any atom is 0.106 e. The molecule has 0 amide bonds. The van der Waals surface area contributed by atoms with Crippen LogP contribution in [-0.4, -0.2) is 29.8 Å². The van der Waals surface area contributed by atoms with Gasteiger partial charge in [-0.3, -0.25) is 0 Å². The molecule has 1 aromatic rings. The Hall–Kier alpha value is -0.900. The largest absolute Gasteiger partial charge is 0.300 e. The fourth-order valence-electron chi connectivity index (χ4n) is 0.710. The van der Waals surface area contributed by atoms with Crippen molar-refractivity contribution < 1.29 is 0 Å². The highest BCUT2D eigenvalue weighted by Gasteiger charge is 1.90. The van der Waals surface area contributed by atoms with Crippen LogP contribution in [0.15, 0.2) is 28.0 Å². The molecule has 0 aliphatic heterocycles. The average molecular weight is 242 g/mol. The normalized spacial score (nSPS) is 10.7. The van der Waals surface area contributed by atoms with Gasteiger partial charge in [0.2, 0.25) is 0 Å². The minimum atomic E-state index is 0.841. The average Bonchev–Trinajstić information content (AvgIpc) is 2.16. The van der Waals surface area contributed by atoms with Crippen molar-refractivity contribution >= 4 is 22.1 Å². The first-order valence-electron chi connectivity index (χ1n) is 4.09. The Bertz CT molecular complexity index is 281. The highest BCUT2D eigenvalue weighted by molar-refractivity contribution is 9.10. The third kappa shape index (κ3) is 3.55. The smallest absolute Gasteiger partial charge is 0.106 e. The van der Waals surface area contributed by atoms with Gasteiger partial charge < -0.3 is 5.01 Å². The molecule has 1 rings (SSSR count). The van der Waals surface area contributed by atoms with Gasteiger partial charge in [0.05, 0.1) is 6.21 Å².